The van der Waals surface area contributed by atoms with Crippen LogP contribution in [-0.4, -0.2) is 31.4 Å². The van der Waals surface area contributed by atoms with Crippen molar-refractivity contribution in [3.8, 4) is 0 Å². The standard InChI is InChI=1S/C11H16F3N3OS2/c1-3-16-9(18)7-6(15)8(19-2)10(20-7)17-5-4-11(12,13)14/h17H,3-5,15H2,1-2H3,(H,16,18). The van der Waals surface area contributed by atoms with Gasteiger partial charge in [0.1, 0.15) is 9.88 Å². The number of amides is 1. The van der Waals surface area contributed by atoms with Gasteiger partial charge in [-0.05, 0) is 13.2 Å². The molecule has 1 aromatic heterocycles. The molecule has 0 spiro atoms. The fourth-order valence-corrected chi connectivity index (χ4v) is 3.45. The summed E-state index contributed by atoms with van der Waals surface area (Å²) in [6.45, 7) is 1.99. The van der Waals surface area contributed by atoms with E-state index in [1.807, 2.05) is 0 Å². The van der Waals surface area contributed by atoms with Crippen molar-refractivity contribution in [2.75, 3.05) is 30.4 Å². The molecule has 114 valence electrons. The van der Waals surface area contributed by atoms with Crippen LogP contribution in [0.5, 0.6) is 0 Å². The first-order chi connectivity index (χ1) is 9.30. The van der Waals surface area contributed by atoms with E-state index in [4.69, 9.17) is 5.73 Å². The number of carbonyl (C=O) groups is 1. The number of hydrogen-bond donors (Lipinski definition) is 3. The third-order valence-corrected chi connectivity index (χ3v) is 4.46. The molecule has 9 heteroatoms. The van der Waals surface area contributed by atoms with Crippen LogP contribution in [0.1, 0.15) is 23.0 Å². The Labute approximate surface area is 123 Å². The third-order valence-electron chi connectivity index (χ3n) is 2.34. The second-order valence-electron chi connectivity index (χ2n) is 3.86. The van der Waals surface area contributed by atoms with E-state index in [9.17, 15) is 18.0 Å². The molecule has 0 aliphatic carbocycles. The van der Waals surface area contributed by atoms with Gasteiger partial charge in [0.2, 0.25) is 0 Å². The summed E-state index contributed by atoms with van der Waals surface area (Å²) in [5.41, 5.74) is 6.18. The number of halogens is 3. The predicted molar refractivity (Wildman–Crippen MR) is 77.7 cm³/mol. The van der Waals surface area contributed by atoms with Crippen LogP contribution >= 0.6 is 23.1 Å². The number of alkyl halides is 3. The molecule has 1 rings (SSSR count). The van der Waals surface area contributed by atoms with Gasteiger partial charge >= 0.3 is 6.18 Å². The van der Waals surface area contributed by atoms with E-state index in [1.54, 1.807) is 13.2 Å². The topological polar surface area (TPSA) is 67.2 Å². The van der Waals surface area contributed by atoms with Crippen LogP contribution in [0.25, 0.3) is 0 Å². The number of thioether (sulfide) groups is 1. The lowest BCUT2D eigenvalue weighted by atomic mass is 10.3. The van der Waals surface area contributed by atoms with E-state index in [1.165, 1.54) is 11.8 Å². The van der Waals surface area contributed by atoms with E-state index in [2.05, 4.69) is 10.6 Å². The highest BCUT2D eigenvalue weighted by molar-refractivity contribution is 7.99. The maximum atomic E-state index is 12.1. The van der Waals surface area contributed by atoms with Gasteiger partial charge in [0, 0.05) is 13.1 Å². The van der Waals surface area contributed by atoms with Gasteiger partial charge < -0.3 is 16.4 Å². The Kier molecular flexibility index (Phi) is 6.00. The van der Waals surface area contributed by atoms with Gasteiger partial charge in [-0.3, -0.25) is 4.79 Å². The second-order valence-corrected chi connectivity index (χ2v) is 5.70. The summed E-state index contributed by atoms with van der Waals surface area (Å²) in [6.07, 6.45) is -3.39. The molecule has 0 unspecified atom stereocenters. The molecule has 1 amide bonds. The number of thiophene rings is 1. The lowest BCUT2D eigenvalue weighted by Gasteiger charge is -2.08. The Bertz CT molecular complexity index is 474. The molecule has 0 fully saturated rings. The Morgan fingerprint density at radius 3 is 2.60 bits per heavy atom. The molecule has 0 atom stereocenters. The zero-order valence-electron chi connectivity index (χ0n) is 11.1. The van der Waals surface area contributed by atoms with E-state index in [-0.39, 0.29) is 12.5 Å². The van der Waals surface area contributed by atoms with Crippen molar-refractivity contribution in [1.29, 1.82) is 0 Å². The van der Waals surface area contributed by atoms with Crippen LogP contribution < -0.4 is 16.4 Å². The van der Waals surface area contributed by atoms with Crippen molar-refractivity contribution < 1.29 is 18.0 Å². The van der Waals surface area contributed by atoms with Crippen molar-refractivity contribution in [2.24, 2.45) is 0 Å². The fraction of sp³-hybridized carbons (Fsp3) is 0.545. The van der Waals surface area contributed by atoms with Gasteiger partial charge in [0.05, 0.1) is 17.0 Å². The van der Waals surface area contributed by atoms with Gasteiger partial charge in [-0.1, -0.05) is 0 Å². The molecular formula is C11H16F3N3OS2. The predicted octanol–water partition coefficient (Wildman–Crippen LogP) is 3.17. The molecule has 0 bridgehead atoms. The van der Waals surface area contributed by atoms with Gasteiger partial charge in [0.25, 0.3) is 5.91 Å². The molecule has 0 aliphatic heterocycles. The third kappa shape index (κ3) is 4.48. The molecule has 1 aromatic rings. The van der Waals surface area contributed by atoms with E-state index in [0.717, 1.165) is 11.3 Å². The SMILES string of the molecule is CCNC(=O)c1sc(NCCC(F)(F)F)c(SC)c1N. The average molecular weight is 327 g/mol. The molecule has 1 heterocycles. The molecule has 4 N–H and O–H groups in total. The number of rotatable bonds is 6. The molecule has 20 heavy (non-hydrogen) atoms. The first-order valence-corrected chi connectivity index (χ1v) is 7.89. The first-order valence-electron chi connectivity index (χ1n) is 5.85. The Morgan fingerprint density at radius 1 is 1.45 bits per heavy atom. The highest BCUT2D eigenvalue weighted by Crippen LogP contribution is 2.41. The molecule has 0 saturated heterocycles. The fourth-order valence-electron chi connectivity index (χ4n) is 1.48. The van der Waals surface area contributed by atoms with Crippen molar-refractivity contribution in [1.82, 2.24) is 5.32 Å². The van der Waals surface area contributed by atoms with Crippen LogP contribution in [-0.2, 0) is 0 Å². The van der Waals surface area contributed by atoms with Crippen molar-refractivity contribution in [3.63, 3.8) is 0 Å². The quantitative estimate of drug-likeness (QED) is 0.702. The van der Waals surface area contributed by atoms with Crippen LogP contribution in [0, 0.1) is 0 Å². The van der Waals surface area contributed by atoms with Crippen LogP contribution in [0.4, 0.5) is 23.9 Å². The Hall–Kier alpha value is -1.09. The molecular weight excluding hydrogens is 311 g/mol. The van der Waals surface area contributed by atoms with Crippen LogP contribution in [0.15, 0.2) is 4.90 Å². The zero-order valence-corrected chi connectivity index (χ0v) is 12.7. The summed E-state index contributed by atoms with van der Waals surface area (Å²) in [6, 6.07) is 0. The molecule has 0 aromatic carbocycles. The average Bonchev–Trinajstić information content (AvgIpc) is 2.64. The number of anilines is 2. The minimum Gasteiger partial charge on any atom is -0.396 e. The molecule has 4 nitrogen and oxygen atoms in total. The van der Waals surface area contributed by atoms with Gasteiger partial charge in [0.15, 0.2) is 0 Å². The van der Waals surface area contributed by atoms with Crippen LogP contribution in [0.3, 0.4) is 0 Å². The van der Waals surface area contributed by atoms with Gasteiger partial charge in [-0.25, -0.2) is 0 Å². The highest BCUT2D eigenvalue weighted by atomic mass is 32.2. The summed E-state index contributed by atoms with van der Waals surface area (Å²) in [5.74, 6) is -0.311. The van der Waals surface area contributed by atoms with Crippen molar-refractivity contribution >= 4 is 39.7 Å². The van der Waals surface area contributed by atoms with E-state index < -0.39 is 12.6 Å². The molecule has 0 radical (unpaired) electrons. The van der Waals surface area contributed by atoms with Crippen molar-refractivity contribution in [2.45, 2.75) is 24.4 Å². The minimum absolute atomic E-state index is 0.244. The summed E-state index contributed by atoms with van der Waals surface area (Å²) >= 11 is 2.37. The maximum absolute atomic E-state index is 12.1. The first kappa shape index (κ1) is 17.0. The Balaban J connectivity index is 2.85. The number of carbonyl (C=O) groups excluding carboxylic acids is 1. The molecule has 0 aliphatic rings. The number of hydrogen-bond acceptors (Lipinski definition) is 5. The van der Waals surface area contributed by atoms with Gasteiger partial charge in [-0.2, -0.15) is 13.2 Å². The second kappa shape index (κ2) is 7.07. The largest absolute Gasteiger partial charge is 0.396 e. The normalized spacial score (nSPS) is 11.4. The maximum Gasteiger partial charge on any atom is 0.390 e. The van der Waals surface area contributed by atoms with Crippen LogP contribution in [0.2, 0.25) is 0 Å². The number of nitrogen functional groups attached to an aromatic ring is 1. The zero-order chi connectivity index (χ0) is 15.3. The lowest BCUT2D eigenvalue weighted by Crippen LogP contribution is -2.22. The highest BCUT2D eigenvalue weighted by Gasteiger charge is 2.27. The summed E-state index contributed by atoms with van der Waals surface area (Å²) in [4.78, 5) is 12.7. The summed E-state index contributed by atoms with van der Waals surface area (Å²) in [7, 11) is 0. The molecule has 0 saturated carbocycles. The van der Waals surface area contributed by atoms with E-state index >= 15 is 0 Å². The number of nitrogens with one attached hydrogen (secondary N) is 2. The van der Waals surface area contributed by atoms with E-state index in [0.29, 0.717) is 27.0 Å². The van der Waals surface area contributed by atoms with Gasteiger partial charge in [-0.15, -0.1) is 23.1 Å². The lowest BCUT2D eigenvalue weighted by molar-refractivity contribution is -0.131. The summed E-state index contributed by atoms with van der Waals surface area (Å²) < 4.78 is 36.4. The smallest absolute Gasteiger partial charge is 0.390 e. The monoisotopic (exact) mass is 327 g/mol. The number of nitrogens with two attached hydrogens (primary N) is 1. The van der Waals surface area contributed by atoms with Crippen molar-refractivity contribution in [3.05, 3.63) is 4.88 Å². The minimum atomic E-state index is -4.21. The Morgan fingerprint density at radius 2 is 2.10 bits per heavy atom. The summed E-state index contributed by atoms with van der Waals surface area (Å²) in [5, 5.41) is 5.82.